The molecule has 0 fully saturated rings. The van der Waals surface area contributed by atoms with Crippen molar-refractivity contribution in [3.8, 4) is 12.1 Å². The van der Waals surface area contributed by atoms with Crippen molar-refractivity contribution in [1.82, 2.24) is 0 Å². The van der Waals surface area contributed by atoms with Gasteiger partial charge in [0, 0.05) is 11.1 Å². The maximum atomic E-state index is 12.7. The highest BCUT2D eigenvalue weighted by Crippen LogP contribution is 2.50. The number of rotatable bonds is 4. The molecule has 0 bridgehead atoms. The van der Waals surface area contributed by atoms with E-state index in [0.29, 0.717) is 11.1 Å². The summed E-state index contributed by atoms with van der Waals surface area (Å²) < 4.78 is 5.21. The van der Waals surface area contributed by atoms with Gasteiger partial charge in [-0.3, -0.25) is 0 Å². The lowest BCUT2D eigenvalue weighted by Crippen LogP contribution is -2.46. The van der Waals surface area contributed by atoms with Gasteiger partial charge in [-0.05, 0) is 37.7 Å². The summed E-state index contributed by atoms with van der Waals surface area (Å²) in [7, 11) is 0. The molecule has 0 radical (unpaired) electrons. The molecule has 1 aliphatic rings. The average molecular weight is 352 g/mol. The minimum atomic E-state index is -1.82. The van der Waals surface area contributed by atoms with Crippen molar-refractivity contribution in [3.63, 3.8) is 0 Å². The summed E-state index contributed by atoms with van der Waals surface area (Å²) in [5, 5.41) is 30.8. The highest BCUT2D eigenvalue weighted by molar-refractivity contribution is 6.01. The molecule has 1 aromatic carbocycles. The number of esters is 1. The summed E-state index contributed by atoms with van der Waals surface area (Å²) >= 11 is 0. The third kappa shape index (κ3) is 3.23. The van der Waals surface area contributed by atoms with E-state index < -0.39 is 17.5 Å². The fourth-order valence-electron chi connectivity index (χ4n) is 3.63. The van der Waals surface area contributed by atoms with Gasteiger partial charge in [-0.25, -0.2) is 4.79 Å². The summed E-state index contributed by atoms with van der Waals surface area (Å²) in [5.74, 6) is -0.923. The number of benzene rings is 1. The van der Waals surface area contributed by atoms with E-state index in [9.17, 15) is 20.4 Å². The van der Waals surface area contributed by atoms with Gasteiger partial charge < -0.3 is 9.84 Å². The Bertz CT molecular complexity index is 797. The summed E-state index contributed by atoms with van der Waals surface area (Å²) in [4.78, 5) is 12.7. The first-order valence-corrected chi connectivity index (χ1v) is 8.80. The Hall–Kier alpha value is -2.63. The molecular weight excluding hydrogens is 328 g/mol. The molecule has 0 heterocycles. The van der Waals surface area contributed by atoms with Crippen molar-refractivity contribution >= 4 is 11.5 Å². The van der Waals surface area contributed by atoms with Crippen molar-refractivity contribution in [2.75, 3.05) is 6.61 Å². The minimum Gasteiger partial charge on any atom is -0.463 e. The van der Waals surface area contributed by atoms with Gasteiger partial charge in [0.15, 0.2) is 5.41 Å². The second-order valence-corrected chi connectivity index (χ2v) is 7.03. The average Bonchev–Trinajstić information content (AvgIpc) is 2.61. The molecule has 0 saturated heterocycles. The number of hydrogen-bond donors (Lipinski definition) is 1. The number of hydrogen-bond acceptors (Lipinski definition) is 5. The SMILES string of the molecule is CCOC(=O)C1=C(c2cccc(C)c2)C(C#N)(C#N)[C@@H](O)[C@H](C(C)C)C1. The van der Waals surface area contributed by atoms with E-state index in [2.05, 4.69) is 0 Å². The zero-order valence-electron chi connectivity index (χ0n) is 15.6. The molecule has 1 N–H and O–H groups in total. The smallest absolute Gasteiger partial charge is 0.334 e. The Balaban J connectivity index is 2.85. The van der Waals surface area contributed by atoms with Crippen LogP contribution < -0.4 is 0 Å². The first-order chi connectivity index (χ1) is 12.3. The quantitative estimate of drug-likeness (QED) is 0.838. The molecule has 1 aliphatic carbocycles. The number of nitriles is 2. The molecule has 0 aliphatic heterocycles. The highest BCUT2D eigenvalue weighted by Gasteiger charge is 2.53. The lowest BCUT2D eigenvalue weighted by molar-refractivity contribution is -0.139. The standard InChI is InChI=1S/C21H24N2O3/c1-5-26-20(25)17-10-16(13(2)3)19(24)21(11-22,12-23)18(17)15-8-6-7-14(4)9-15/h6-9,13,16,19,24H,5,10H2,1-4H3/t16-,19-/m0/s1. The van der Waals surface area contributed by atoms with Gasteiger partial charge >= 0.3 is 5.97 Å². The van der Waals surface area contributed by atoms with Crippen LogP contribution in [-0.2, 0) is 9.53 Å². The van der Waals surface area contributed by atoms with Crippen LogP contribution in [0, 0.1) is 46.8 Å². The van der Waals surface area contributed by atoms with Crippen LogP contribution in [0.5, 0.6) is 0 Å². The first-order valence-electron chi connectivity index (χ1n) is 8.80. The zero-order valence-corrected chi connectivity index (χ0v) is 15.6. The molecule has 2 atom stereocenters. The lowest BCUT2D eigenvalue weighted by atomic mass is 9.61. The Labute approximate surface area is 154 Å². The summed E-state index contributed by atoms with van der Waals surface area (Å²) in [6.07, 6.45) is -0.919. The normalized spacial score (nSPS) is 21.8. The van der Waals surface area contributed by atoms with Gasteiger partial charge in [-0.15, -0.1) is 0 Å². The van der Waals surface area contributed by atoms with Crippen molar-refractivity contribution in [2.45, 2.75) is 40.2 Å². The molecular formula is C21H24N2O3. The third-order valence-electron chi connectivity index (χ3n) is 5.02. The predicted octanol–water partition coefficient (Wildman–Crippen LogP) is 3.38. The third-order valence-corrected chi connectivity index (χ3v) is 5.02. The van der Waals surface area contributed by atoms with Gasteiger partial charge in [0.1, 0.15) is 0 Å². The number of aliphatic hydroxyl groups excluding tert-OH is 1. The number of carbonyl (C=O) groups is 1. The lowest BCUT2D eigenvalue weighted by Gasteiger charge is -2.41. The molecule has 0 aromatic heterocycles. The maximum absolute atomic E-state index is 12.7. The molecule has 1 aromatic rings. The zero-order chi connectivity index (χ0) is 19.5. The molecule has 26 heavy (non-hydrogen) atoms. The Morgan fingerprint density at radius 2 is 2.04 bits per heavy atom. The van der Waals surface area contributed by atoms with Crippen molar-refractivity contribution in [3.05, 3.63) is 41.0 Å². The number of nitrogens with zero attached hydrogens (tertiary/aromatic N) is 2. The van der Waals surface area contributed by atoms with Crippen molar-refractivity contribution in [1.29, 1.82) is 10.5 Å². The van der Waals surface area contributed by atoms with E-state index in [1.807, 2.05) is 45.0 Å². The van der Waals surface area contributed by atoms with Gasteiger partial charge in [0.05, 0.1) is 24.8 Å². The van der Waals surface area contributed by atoms with Crippen LogP contribution in [0.1, 0.15) is 38.3 Å². The van der Waals surface area contributed by atoms with E-state index in [-0.39, 0.29) is 30.4 Å². The second-order valence-electron chi connectivity index (χ2n) is 7.03. The maximum Gasteiger partial charge on any atom is 0.334 e. The molecule has 2 rings (SSSR count). The summed E-state index contributed by atoms with van der Waals surface area (Å²) in [5.41, 5.74) is 0.294. The van der Waals surface area contributed by atoms with Crippen LogP contribution >= 0.6 is 0 Å². The van der Waals surface area contributed by atoms with E-state index in [0.717, 1.165) is 5.56 Å². The largest absolute Gasteiger partial charge is 0.463 e. The number of aryl methyl sites for hydroxylation is 1. The van der Waals surface area contributed by atoms with Crippen molar-refractivity contribution in [2.24, 2.45) is 17.3 Å². The van der Waals surface area contributed by atoms with E-state index in [1.54, 1.807) is 19.1 Å². The molecule has 0 spiro atoms. The van der Waals surface area contributed by atoms with Crippen LogP contribution in [0.15, 0.2) is 29.8 Å². The van der Waals surface area contributed by atoms with Gasteiger partial charge in [0.25, 0.3) is 0 Å². The Morgan fingerprint density at radius 1 is 1.38 bits per heavy atom. The van der Waals surface area contributed by atoms with Crippen LogP contribution in [0.2, 0.25) is 0 Å². The molecule has 0 saturated carbocycles. The highest BCUT2D eigenvalue weighted by atomic mass is 16.5. The molecule has 0 unspecified atom stereocenters. The van der Waals surface area contributed by atoms with E-state index in [1.165, 1.54) is 0 Å². The topological polar surface area (TPSA) is 94.1 Å². The molecule has 136 valence electrons. The molecule has 0 amide bonds. The number of ether oxygens (including phenoxy) is 1. The number of carbonyl (C=O) groups excluding carboxylic acids is 1. The Morgan fingerprint density at radius 3 is 2.54 bits per heavy atom. The first kappa shape index (κ1) is 19.7. The minimum absolute atomic E-state index is 0.00504. The van der Waals surface area contributed by atoms with Gasteiger partial charge in [-0.1, -0.05) is 43.7 Å². The van der Waals surface area contributed by atoms with Crippen LogP contribution in [0.25, 0.3) is 5.57 Å². The predicted molar refractivity (Wildman–Crippen MR) is 97.3 cm³/mol. The van der Waals surface area contributed by atoms with E-state index >= 15 is 0 Å². The van der Waals surface area contributed by atoms with Gasteiger partial charge in [0.2, 0.25) is 0 Å². The summed E-state index contributed by atoms with van der Waals surface area (Å²) in [6.45, 7) is 7.63. The van der Waals surface area contributed by atoms with Gasteiger partial charge in [-0.2, -0.15) is 10.5 Å². The molecule has 5 nitrogen and oxygen atoms in total. The number of aliphatic hydroxyl groups is 1. The summed E-state index contributed by atoms with van der Waals surface area (Å²) in [6, 6.07) is 11.3. The van der Waals surface area contributed by atoms with Crippen molar-refractivity contribution < 1.29 is 14.6 Å². The second kappa shape index (κ2) is 7.72. The van der Waals surface area contributed by atoms with Crippen LogP contribution in [-0.4, -0.2) is 23.8 Å². The Kier molecular flexibility index (Phi) is 5.85. The van der Waals surface area contributed by atoms with E-state index in [4.69, 9.17) is 4.74 Å². The fourth-order valence-corrected chi connectivity index (χ4v) is 3.63. The monoisotopic (exact) mass is 352 g/mol. The fraction of sp³-hybridized carbons (Fsp3) is 0.476. The van der Waals surface area contributed by atoms with Crippen LogP contribution in [0.4, 0.5) is 0 Å². The van der Waals surface area contributed by atoms with Crippen LogP contribution in [0.3, 0.4) is 0 Å². The molecule has 5 heteroatoms.